The highest BCUT2D eigenvalue weighted by molar-refractivity contribution is 5.87. The van der Waals surface area contributed by atoms with Gasteiger partial charge < -0.3 is 14.4 Å². The van der Waals surface area contributed by atoms with E-state index in [0.29, 0.717) is 13.0 Å². The van der Waals surface area contributed by atoms with Gasteiger partial charge in [0, 0.05) is 20.1 Å². The number of aromatic carboxylic acids is 1. The first-order valence-corrected chi connectivity index (χ1v) is 5.96. The lowest BCUT2D eigenvalue weighted by Gasteiger charge is -2.22. The van der Waals surface area contributed by atoms with Gasteiger partial charge in [-0.25, -0.2) is 9.78 Å². The first kappa shape index (κ1) is 12.1. The van der Waals surface area contributed by atoms with Crippen LogP contribution in [0.2, 0.25) is 0 Å². The Morgan fingerprint density at radius 3 is 3.06 bits per heavy atom. The van der Waals surface area contributed by atoms with Gasteiger partial charge in [0.05, 0.1) is 12.3 Å². The largest absolute Gasteiger partial charge is 0.476 e. The van der Waals surface area contributed by atoms with Crippen molar-refractivity contribution in [2.75, 3.05) is 13.7 Å². The molecule has 5 heteroatoms. The average molecular weight is 238 g/mol. The Balaban J connectivity index is 2.41. The molecule has 1 aliphatic heterocycles. The average Bonchev–Trinajstić information content (AvgIpc) is 2.67. The Bertz CT molecular complexity index is 426. The lowest BCUT2D eigenvalue weighted by Crippen LogP contribution is -2.18. The van der Waals surface area contributed by atoms with Gasteiger partial charge in [0.15, 0.2) is 5.69 Å². The van der Waals surface area contributed by atoms with Crippen LogP contribution in [-0.2, 0) is 17.7 Å². The summed E-state index contributed by atoms with van der Waals surface area (Å²) in [6.45, 7) is 3.52. The van der Waals surface area contributed by atoms with E-state index < -0.39 is 5.97 Å². The molecule has 0 bridgehead atoms. The number of carboxylic acids is 1. The molecule has 5 nitrogen and oxygen atoms in total. The maximum absolute atomic E-state index is 11.2. The number of rotatable bonds is 4. The van der Waals surface area contributed by atoms with Crippen LogP contribution >= 0.6 is 0 Å². The molecule has 0 aliphatic carbocycles. The molecule has 0 saturated heterocycles. The number of hydrogen-bond donors (Lipinski definition) is 1. The summed E-state index contributed by atoms with van der Waals surface area (Å²) in [6, 6.07) is 0. The third kappa shape index (κ3) is 2.20. The van der Waals surface area contributed by atoms with Crippen molar-refractivity contribution in [3.05, 3.63) is 17.2 Å². The molecule has 2 rings (SSSR count). The second kappa shape index (κ2) is 4.87. The molecule has 1 aliphatic rings. The van der Waals surface area contributed by atoms with Crippen molar-refractivity contribution in [2.24, 2.45) is 0 Å². The van der Waals surface area contributed by atoms with Crippen molar-refractivity contribution in [3.63, 3.8) is 0 Å². The van der Waals surface area contributed by atoms with Gasteiger partial charge in [-0.05, 0) is 18.8 Å². The molecule has 0 radical (unpaired) electrons. The summed E-state index contributed by atoms with van der Waals surface area (Å²) in [7, 11) is 1.64. The molecule has 1 N–H and O–H groups in total. The summed E-state index contributed by atoms with van der Waals surface area (Å²) in [4.78, 5) is 15.5. The third-order valence-corrected chi connectivity index (χ3v) is 3.30. The second-order valence-corrected chi connectivity index (χ2v) is 4.50. The summed E-state index contributed by atoms with van der Waals surface area (Å²) in [5.74, 6) is 0.190. The van der Waals surface area contributed by atoms with Gasteiger partial charge >= 0.3 is 5.97 Å². The molecule has 0 amide bonds. The number of aromatic nitrogens is 2. The minimum atomic E-state index is -0.925. The van der Waals surface area contributed by atoms with Crippen LogP contribution in [0.15, 0.2) is 0 Å². The van der Waals surface area contributed by atoms with E-state index >= 15 is 0 Å². The number of imidazole rings is 1. The van der Waals surface area contributed by atoms with Gasteiger partial charge in [0.1, 0.15) is 5.82 Å². The zero-order chi connectivity index (χ0) is 12.4. The zero-order valence-corrected chi connectivity index (χ0v) is 10.3. The number of carbonyl (C=O) groups is 1. The monoisotopic (exact) mass is 238 g/mol. The molecule has 94 valence electrons. The van der Waals surface area contributed by atoms with Crippen LogP contribution in [0.3, 0.4) is 0 Å². The molecule has 0 spiro atoms. The quantitative estimate of drug-likeness (QED) is 0.866. The molecule has 17 heavy (non-hydrogen) atoms. The van der Waals surface area contributed by atoms with E-state index in [1.54, 1.807) is 7.11 Å². The second-order valence-electron chi connectivity index (χ2n) is 4.50. The molecular weight excluding hydrogens is 220 g/mol. The standard InChI is InChI=1S/C12H18N2O3/c1-8-4-3-6-14-9(5-7-17-2)13-10(11(8)14)12(15)16/h8H,3-7H2,1-2H3,(H,15,16). The Morgan fingerprint density at radius 1 is 1.65 bits per heavy atom. The summed E-state index contributed by atoms with van der Waals surface area (Å²) in [5.41, 5.74) is 1.11. The van der Waals surface area contributed by atoms with Crippen molar-refractivity contribution >= 4 is 5.97 Å². The van der Waals surface area contributed by atoms with E-state index in [2.05, 4.69) is 16.5 Å². The maximum Gasteiger partial charge on any atom is 0.356 e. The highest BCUT2D eigenvalue weighted by Crippen LogP contribution is 2.30. The Kier molecular flexibility index (Phi) is 3.47. The van der Waals surface area contributed by atoms with Crippen molar-refractivity contribution < 1.29 is 14.6 Å². The molecule has 0 fully saturated rings. The summed E-state index contributed by atoms with van der Waals surface area (Å²) < 4.78 is 7.10. The van der Waals surface area contributed by atoms with Crippen LogP contribution in [0, 0.1) is 0 Å². The molecule has 1 atom stereocenters. The van der Waals surface area contributed by atoms with Gasteiger partial charge in [0.25, 0.3) is 0 Å². The highest BCUT2D eigenvalue weighted by atomic mass is 16.5. The number of fused-ring (bicyclic) bond motifs is 1. The van der Waals surface area contributed by atoms with Crippen LogP contribution in [0.25, 0.3) is 0 Å². The minimum Gasteiger partial charge on any atom is -0.476 e. The molecule has 0 saturated carbocycles. The van der Waals surface area contributed by atoms with E-state index in [1.165, 1.54) is 0 Å². The number of methoxy groups -OCH3 is 1. The van der Waals surface area contributed by atoms with Gasteiger partial charge in [-0.3, -0.25) is 0 Å². The Morgan fingerprint density at radius 2 is 2.41 bits per heavy atom. The first-order valence-electron chi connectivity index (χ1n) is 5.96. The van der Waals surface area contributed by atoms with Crippen molar-refractivity contribution in [1.29, 1.82) is 0 Å². The van der Waals surface area contributed by atoms with Crippen molar-refractivity contribution in [1.82, 2.24) is 9.55 Å². The van der Waals surface area contributed by atoms with E-state index in [4.69, 9.17) is 4.74 Å². The maximum atomic E-state index is 11.2. The molecule has 2 heterocycles. The van der Waals surface area contributed by atoms with Crippen LogP contribution in [0.1, 0.15) is 47.7 Å². The number of hydrogen-bond acceptors (Lipinski definition) is 3. The minimum absolute atomic E-state index is 0.225. The Hall–Kier alpha value is -1.36. The van der Waals surface area contributed by atoms with Gasteiger partial charge in [0.2, 0.25) is 0 Å². The smallest absolute Gasteiger partial charge is 0.356 e. The molecule has 1 aromatic heterocycles. The highest BCUT2D eigenvalue weighted by Gasteiger charge is 2.27. The molecule has 0 aromatic carbocycles. The molecule has 1 unspecified atom stereocenters. The lowest BCUT2D eigenvalue weighted by molar-refractivity contribution is 0.0688. The van der Waals surface area contributed by atoms with E-state index in [9.17, 15) is 9.90 Å². The summed E-state index contributed by atoms with van der Waals surface area (Å²) in [5, 5.41) is 9.19. The topological polar surface area (TPSA) is 64.3 Å². The molecular formula is C12H18N2O3. The molecule has 1 aromatic rings. The number of nitrogens with zero attached hydrogens (tertiary/aromatic N) is 2. The third-order valence-electron chi connectivity index (χ3n) is 3.30. The van der Waals surface area contributed by atoms with Gasteiger partial charge in [-0.2, -0.15) is 0 Å². The normalized spacial score (nSPS) is 19.1. The van der Waals surface area contributed by atoms with Crippen molar-refractivity contribution in [3.8, 4) is 0 Å². The SMILES string of the molecule is COCCc1nc(C(=O)O)c2n1CCCC2C. The van der Waals surface area contributed by atoms with Gasteiger partial charge in [-0.1, -0.05) is 6.92 Å². The van der Waals surface area contributed by atoms with Crippen LogP contribution in [-0.4, -0.2) is 34.3 Å². The summed E-state index contributed by atoms with van der Waals surface area (Å²) >= 11 is 0. The van der Waals surface area contributed by atoms with E-state index in [0.717, 1.165) is 30.9 Å². The fourth-order valence-electron chi connectivity index (χ4n) is 2.50. The first-order chi connectivity index (χ1) is 8.15. The van der Waals surface area contributed by atoms with E-state index in [1.807, 2.05) is 0 Å². The summed E-state index contributed by atoms with van der Waals surface area (Å²) in [6.07, 6.45) is 2.79. The van der Waals surface area contributed by atoms with Crippen LogP contribution < -0.4 is 0 Å². The predicted molar refractivity (Wildman–Crippen MR) is 62.4 cm³/mol. The van der Waals surface area contributed by atoms with E-state index in [-0.39, 0.29) is 11.6 Å². The van der Waals surface area contributed by atoms with Crippen LogP contribution in [0.4, 0.5) is 0 Å². The predicted octanol–water partition coefficient (Wildman–Crippen LogP) is 1.67. The van der Waals surface area contributed by atoms with Crippen molar-refractivity contribution in [2.45, 2.75) is 38.6 Å². The zero-order valence-electron chi connectivity index (χ0n) is 10.3. The lowest BCUT2D eigenvalue weighted by atomic mass is 9.96. The number of carboxylic acid groups (broad SMARTS) is 1. The Labute approximate surface area is 100 Å². The fraction of sp³-hybridized carbons (Fsp3) is 0.667. The van der Waals surface area contributed by atoms with Crippen LogP contribution in [0.5, 0.6) is 0 Å². The fourth-order valence-corrected chi connectivity index (χ4v) is 2.50. The van der Waals surface area contributed by atoms with Gasteiger partial charge in [-0.15, -0.1) is 0 Å². The number of ether oxygens (including phenoxy) is 1.